The van der Waals surface area contributed by atoms with Crippen LogP contribution >= 0.6 is 0 Å². The van der Waals surface area contributed by atoms with Crippen LogP contribution < -0.4 is 10.2 Å². The fourth-order valence-corrected chi connectivity index (χ4v) is 3.91. The van der Waals surface area contributed by atoms with E-state index in [1.807, 2.05) is 0 Å². The minimum absolute atomic E-state index is 0.812. The van der Waals surface area contributed by atoms with E-state index >= 15 is 0 Å². The number of fused-ring (bicyclic) bond motifs is 2. The Morgan fingerprint density at radius 1 is 1.14 bits per heavy atom. The third-order valence-corrected chi connectivity index (χ3v) is 5.10. The van der Waals surface area contributed by atoms with Crippen LogP contribution in [0.15, 0.2) is 16.5 Å². The highest BCUT2D eigenvalue weighted by atomic mass is 16.4. The highest BCUT2D eigenvalue weighted by Gasteiger charge is 2.31. The van der Waals surface area contributed by atoms with Gasteiger partial charge >= 0.3 is 0 Å². The van der Waals surface area contributed by atoms with Crippen molar-refractivity contribution in [2.45, 2.75) is 26.7 Å². The predicted octanol–water partition coefficient (Wildman–Crippen LogP) is 2.88. The van der Waals surface area contributed by atoms with Crippen molar-refractivity contribution in [2.24, 2.45) is 11.8 Å². The van der Waals surface area contributed by atoms with Gasteiger partial charge in [-0.3, -0.25) is 0 Å². The second-order valence-electron chi connectivity index (χ2n) is 6.67. The zero-order valence-electron chi connectivity index (χ0n) is 12.9. The van der Waals surface area contributed by atoms with Crippen molar-refractivity contribution in [1.82, 2.24) is 10.3 Å². The zero-order chi connectivity index (χ0) is 14.4. The van der Waals surface area contributed by atoms with Crippen molar-refractivity contribution in [2.75, 3.05) is 31.1 Å². The summed E-state index contributed by atoms with van der Waals surface area (Å²) in [6.45, 7) is 8.71. The maximum absolute atomic E-state index is 6.07. The van der Waals surface area contributed by atoms with E-state index in [-0.39, 0.29) is 0 Å². The molecule has 2 fully saturated rings. The van der Waals surface area contributed by atoms with Crippen molar-refractivity contribution in [3.05, 3.63) is 23.3 Å². The highest BCUT2D eigenvalue weighted by molar-refractivity contribution is 5.78. The van der Waals surface area contributed by atoms with Crippen molar-refractivity contribution in [3.8, 4) is 0 Å². The van der Waals surface area contributed by atoms with Crippen LogP contribution in [0.2, 0.25) is 0 Å². The molecule has 0 radical (unpaired) electrons. The molecule has 0 aliphatic carbocycles. The number of rotatable bonds is 1. The predicted molar refractivity (Wildman–Crippen MR) is 84.8 cm³/mol. The Morgan fingerprint density at radius 3 is 2.57 bits per heavy atom. The summed E-state index contributed by atoms with van der Waals surface area (Å²) in [6, 6.07) is 5.09. The fourth-order valence-electron chi connectivity index (χ4n) is 3.91. The molecule has 2 saturated heterocycles. The first-order valence-corrected chi connectivity index (χ1v) is 8.04. The van der Waals surface area contributed by atoms with E-state index in [0.29, 0.717) is 0 Å². The van der Waals surface area contributed by atoms with Gasteiger partial charge in [0.15, 0.2) is 5.58 Å². The van der Waals surface area contributed by atoms with E-state index in [0.717, 1.165) is 42.0 Å². The summed E-state index contributed by atoms with van der Waals surface area (Å²) in [5, 5.41) is 3.52. The Balaban J connectivity index is 1.62. The highest BCUT2D eigenvalue weighted by Crippen LogP contribution is 2.31. The summed E-state index contributed by atoms with van der Waals surface area (Å²) in [6.07, 6.45) is 2.49. The molecule has 0 bridgehead atoms. The molecule has 3 heterocycles. The maximum atomic E-state index is 6.07. The summed E-state index contributed by atoms with van der Waals surface area (Å²) in [7, 11) is 0. The first-order valence-electron chi connectivity index (χ1n) is 8.04. The van der Waals surface area contributed by atoms with Crippen LogP contribution in [0, 0.1) is 25.7 Å². The molecule has 0 amide bonds. The van der Waals surface area contributed by atoms with Crippen LogP contribution in [0.4, 0.5) is 6.01 Å². The Hall–Kier alpha value is -1.55. The zero-order valence-corrected chi connectivity index (χ0v) is 12.9. The van der Waals surface area contributed by atoms with E-state index in [1.54, 1.807) is 0 Å². The Labute approximate surface area is 125 Å². The average molecular weight is 285 g/mol. The molecule has 112 valence electrons. The molecular formula is C17H23N3O. The van der Waals surface area contributed by atoms with Crippen molar-refractivity contribution in [3.63, 3.8) is 0 Å². The van der Waals surface area contributed by atoms with E-state index in [4.69, 9.17) is 9.40 Å². The van der Waals surface area contributed by atoms with Gasteiger partial charge in [0.05, 0.1) is 0 Å². The van der Waals surface area contributed by atoms with Crippen LogP contribution in [0.3, 0.4) is 0 Å². The van der Waals surface area contributed by atoms with Crippen molar-refractivity contribution < 1.29 is 4.42 Å². The van der Waals surface area contributed by atoms with Gasteiger partial charge < -0.3 is 14.6 Å². The number of nitrogens with zero attached hydrogens (tertiary/aromatic N) is 2. The molecule has 0 saturated carbocycles. The van der Waals surface area contributed by atoms with Crippen LogP contribution in [-0.2, 0) is 0 Å². The number of nitrogens with one attached hydrogen (secondary N) is 1. The topological polar surface area (TPSA) is 41.3 Å². The minimum Gasteiger partial charge on any atom is -0.423 e. The number of oxazole rings is 1. The second kappa shape index (κ2) is 5.02. The van der Waals surface area contributed by atoms with Gasteiger partial charge in [0.1, 0.15) is 5.52 Å². The number of aryl methyl sites for hydroxylation is 2. The number of hydrogen-bond acceptors (Lipinski definition) is 4. The van der Waals surface area contributed by atoms with Gasteiger partial charge in [-0.2, -0.15) is 4.98 Å². The molecule has 0 spiro atoms. The van der Waals surface area contributed by atoms with Gasteiger partial charge in [-0.1, -0.05) is 6.07 Å². The molecule has 4 rings (SSSR count). The lowest BCUT2D eigenvalue weighted by atomic mass is 9.92. The largest absolute Gasteiger partial charge is 0.423 e. The molecule has 0 unspecified atom stereocenters. The van der Waals surface area contributed by atoms with Crippen LogP contribution in [0.1, 0.15) is 24.0 Å². The van der Waals surface area contributed by atoms with Gasteiger partial charge in [-0.05, 0) is 68.8 Å². The normalized spacial score (nSPS) is 26.1. The maximum Gasteiger partial charge on any atom is 0.298 e. The standard InChI is InChI=1S/C17H23N3O/c1-11-7-12(2)16-15(8-11)19-17(21-16)20-5-3-13-9-18-10-14(13)4-6-20/h7-8,13-14,18H,3-6,9-10H2,1-2H3/t13-,14+. The fraction of sp³-hybridized carbons (Fsp3) is 0.588. The van der Waals surface area contributed by atoms with Crippen LogP contribution in [0.5, 0.6) is 0 Å². The monoisotopic (exact) mass is 285 g/mol. The third kappa shape index (κ3) is 2.31. The molecule has 1 aromatic carbocycles. The number of aromatic nitrogens is 1. The first kappa shape index (κ1) is 13.1. The number of benzene rings is 1. The quantitative estimate of drug-likeness (QED) is 0.875. The van der Waals surface area contributed by atoms with Crippen LogP contribution in [-0.4, -0.2) is 31.2 Å². The molecule has 2 aromatic rings. The molecular weight excluding hydrogens is 262 g/mol. The number of anilines is 1. The first-order chi connectivity index (χ1) is 10.2. The molecule has 4 heteroatoms. The molecule has 1 aromatic heterocycles. The lowest BCUT2D eigenvalue weighted by Gasteiger charge is -2.17. The smallest absolute Gasteiger partial charge is 0.298 e. The summed E-state index contributed by atoms with van der Waals surface area (Å²) < 4.78 is 6.07. The van der Waals surface area contributed by atoms with E-state index in [9.17, 15) is 0 Å². The Bertz CT molecular complexity index is 649. The summed E-state index contributed by atoms with van der Waals surface area (Å²) in [5.74, 6) is 1.67. The Kier molecular flexibility index (Phi) is 3.14. The molecule has 2 aliphatic heterocycles. The van der Waals surface area contributed by atoms with Crippen LogP contribution in [0.25, 0.3) is 11.1 Å². The van der Waals surface area contributed by atoms with Gasteiger partial charge in [-0.25, -0.2) is 0 Å². The summed E-state index contributed by atoms with van der Waals surface area (Å²) >= 11 is 0. The van der Waals surface area contributed by atoms with E-state index in [1.165, 1.54) is 37.1 Å². The number of hydrogen-bond donors (Lipinski definition) is 1. The van der Waals surface area contributed by atoms with Crippen molar-refractivity contribution >= 4 is 17.1 Å². The molecule has 2 aliphatic rings. The second-order valence-corrected chi connectivity index (χ2v) is 6.67. The van der Waals surface area contributed by atoms with Gasteiger partial charge in [0.2, 0.25) is 0 Å². The molecule has 2 atom stereocenters. The lowest BCUT2D eigenvalue weighted by molar-refractivity contribution is 0.409. The molecule has 21 heavy (non-hydrogen) atoms. The Morgan fingerprint density at radius 2 is 1.86 bits per heavy atom. The van der Waals surface area contributed by atoms with Gasteiger partial charge in [0, 0.05) is 13.1 Å². The minimum atomic E-state index is 0.812. The van der Waals surface area contributed by atoms with Gasteiger partial charge in [-0.15, -0.1) is 0 Å². The van der Waals surface area contributed by atoms with E-state index in [2.05, 4.69) is 36.2 Å². The summed E-state index contributed by atoms with van der Waals surface area (Å²) in [5.41, 5.74) is 4.37. The van der Waals surface area contributed by atoms with E-state index < -0.39 is 0 Å². The summed E-state index contributed by atoms with van der Waals surface area (Å²) in [4.78, 5) is 7.08. The molecule has 1 N–H and O–H groups in total. The lowest BCUT2D eigenvalue weighted by Crippen LogP contribution is -2.25. The average Bonchev–Trinajstić information content (AvgIpc) is 3.02. The third-order valence-electron chi connectivity index (χ3n) is 5.10. The van der Waals surface area contributed by atoms with Crippen molar-refractivity contribution in [1.29, 1.82) is 0 Å². The van der Waals surface area contributed by atoms with Gasteiger partial charge in [0.25, 0.3) is 6.01 Å². The molecule has 4 nitrogen and oxygen atoms in total. The SMILES string of the molecule is Cc1cc(C)c2oc(N3CC[C@@H]4CNC[C@@H]4CC3)nc2c1.